The second kappa shape index (κ2) is 7.66. The normalized spacial score (nSPS) is 14.5. The molecule has 0 saturated carbocycles. The summed E-state index contributed by atoms with van der Waals surface area (Å²) in [5, 5.41) is 0. The van der Waals surface area contributed by atoms with Crippen LogP contribution in [0.25, 0.3) is 0 Å². The van der Waals surface area contributed by atoms with Gasteiger partial charge in [-0.1, -0.05) is 12.1 Å². The fourth-order valence-electron chi connectivity index (χ4n) is 1.58. The molecule has 0 aliphatic rings. The first-order valence-electron chi connectivity index (χ1n) is 6.83. The van der Waals surface area contributed by atoms with E-state index >= 15 is 0 Å². The number of esters is 1. The van der Waals surface area contributed by atoms with Gasteiger partial charge in [0.2, 0.25) is 0 Å². The van der Waals surface area contributed by atoms with E-state index in [9.17, 15) is 13.4 Å². The smallest absolute Gasteiger partial charge is 0.324 e. The van der Waals surface area contributed by atoms with E-state index < -0.39 is 27.7 Å². The number of rotatable bonds is 6. The summed E-state index contributed by atoms with van der Waals surface area (Å²) in [6, 6.07) is 5.14. The van der Waals surface area contributed by atoms with Crippen LogP contribution in [0, 0.1) is 5.82 Å². The van der Waals surface area contributed by atoms with Crippen LogP contribution >= 0.6 is 0 Å². The molecule has 0 aliphatic heterocycles. The molecular weight excluding hydrogens is 293 g/mol. The molecule has 0 aromatic heterocycles. The monoisotopic (exact) mass is 315 g/mol. The van der Waals surface area contributed by atoms with Gasteiger partial charge in [-0.25, -0.2) is 13.3 Å². The van der Waals surface area contributed by atoms with Gasteiger partial charge < -0.3 is 4.74 Å². The van der Waals surface area contributed by atoms with Crippen molar-refractivity contribution in [1.29, 1.82) is 0 Å². The fraction of sp³-hybridized carbons (Fsp3) is 0.533. The molecule has 0 heterocycles. The Kier molecular flexibility index (Phi) is 6.48. The Morgan fingerprint density at radius 2 is 1.90 bits per heavy atom. The number of hydrogen-bond acceptors (Lipinski definition) is 3. The predicted molar refractivity (Wildman–Crippen MR) is 81.6 cm³/mol. The Hall–Kier alpha value is -1.27. The van der Waals surface area contributed by atoms with Crippen molar-refractivity contribution >= 4 is 17.0 Å². The van der Waals surface area contributed by atoms with Crippen LogP contribution in [0.5, 0.6) is 0 Å². The Morgan fingerprint density at radius 3 is 2.38 bits per heavy atom. The SMILES string of the molecule is CCOC(=O)C(Cc1ccc(F)cc1)NS(=O)C(C)(C)C. The third-order valence-corrected chi connectivity index (χ3v) is 4.34. The van der Waals surface area contributed by atoms with Crippen molar-refractivity contribution in [1.82, 2.24) is 4.72 Å². The van der Waals surface area contributed by atoms with Crippen molar-refractivity contribution in [3.05, 3.63) is 35.6 Å². The highest BCUT2D eigenvalue weighted by molar-refractivity contribution is 7.84. The molecular formula is C15H22FNO3S. The predicted octanol–water partition coefficient (Wildman–Crippen LogP) is 2.35. The molecule has 1 rings (SSSR count). The Morgan fingerprint density at radius 1 is 1.33 bits per heavy atom. The van der Waals surface area contributed by atoms with E-state index in [1.807, 2.05) is 20.8 Å². The minimum atomic E-state index is -1.39. The van der Waals surface area contributed by atoms with Crippen LogP contribution in [0.2, 0.25) is 0 Å². The number of ether oxygens (including phenoxy) is 1. The first kappa shape index (κ1) is 17.8. The highest BCUT2D eigenvalue weighted by Crippen LogP contribution is 2.12. The molecule has 0 amide bonds. The zero-order chi connectivity index (χ0) is 16.0. The van der Waals surface area contributed by atoms with E-state index in [2.05, 4.69) is 4.72 Å². The summed E-state index contributed by atoms with van der Waals surface area (Å²) >= 11 is 0. The lowest BCUT2D eigenvalue weighted by atomic mass is 10.1. The lowest BCUT2D eigenvalue weighted by Crippen LogP contribution is -2.45. The van der Waals surface area contributed by atoms with Crippen molar-refractivity contribution in [3.8, 4) is 0 Å². The summed E-state index contributed by atoms with van der Waals surface area (Å²) in [5.41, 5.74) is 0.771. The van der Waals surface area contributed by atoms with Crippen LogP contribution in [-0.4, -0.2) is 27.6 Å². The summed E-state index contributed by atoms with van der Waals surface area (Å²) in [6.45, 7) is 7.42. The topological polar surface area (TPSA) is 55.4 Å². The number of carbonyl (C=O) groups is 1. The number of carbonyl (C=O) groups excluding carboxylic acids is 1. The third-order valence-electron chi connectivity index (χ3n) is 2.73. The van der Waals surface area contributed by atoms with Crippen molar-refractivity contribution in [3.63, 3.8) is 0 Å². The fourth-order valence-corrected chi connectivity index (χ4v) is 2.37. The minimum Gasteiger partial charge on any atom is -0.465 e. The summed E-state index contributed by atoms with van der Waals surface area (Å²) in [6.07, 6.45) is 0.293. The van der Waals surface area contributed by atoms with E-state index in [1.165, 1.54) is 12.1 Å². The molecule has 2 atom stereocenters. The zero-order valence-corrected chi connectivity index (χ0v) is 13.6. The molecule has 0 aliphatic carbocycles. The second-order valence-electron chi connectivity index (χ2n) is 5.63. The summed E-state index contributed by atoms with van der Waals surface area (Å²) < 4.78 is 32.4. The molecule has 0 radical (unpaired) electrons. The second-order valence-corrected chi connectivity index (χ2v) is 7.63. The van der Waals surface area contributed by atoms with Gasteiger partial charge in [-0.2, -0.15) is 0 Å². The molecule has 1 N–H and O–H groups in total. The largest absolute Gasteiger partial charge is 0.465 e. The van der Waals surface area contributed by atoms with Crippen LogP contribution in [0.1, 0.15) is 33.3 Å². The van der Waals surface area contributed by atoms with E-state index in [0.29, 0.717) is 6.42 Å². The number of hydrogen-bond donors (Lipinski definition) is 1. The number of nitrogens with one attached hydrogen (secondary N) is 1. The van der Waals surface area contributed by atoms with E-state index in [0.717, 1.165) is 5.56 Å². The minimum absolute atomic E-state index is 0.253. The maximum Gasteiger partial charge on any atom is 0.324 e. The summed E-state index contributed by atoms with van der Waals surface area (Å²) in [5.74, 6) is -0.794. The Bertz CT molecular complexity index is 497. The molecule has 6 heteroatoms. The van der Waals surface area contributed by atoms with E-state index in [1.54, 1.807) is 19.1 Å². The average Bonchev–Trinajstić information content (AvgIpc) is 2.39. The molecule has 2 unspecified atom stereocenters. The van der Waals surface area contributed by atoms with Crippen molar-refractivity contribution in [2.75, 3.05) is 6.61 Å². The average molecular weight is 315 g/mol. The first-order valence-corrected chi connectivity index (χ1v) is 7.98. The van der Waals surface area contributed by atoms with Gasteiger partial charge in [-0.3, -0.25) is 4.79 Å². The maximum absolute atomic E-state index is 12.9. The Balaban J connectivity index is 2.84. The molecule has 0 bridgehead atoms. The van der Waals surface area contributed by atoms with E-state index in [-0.39, 0.29) is 12.4 Å². The molecule has 118 valence electrons. The van der Waals surface area contributed by atoms with Gasteiger partial charge in [0.25, 0.3) is 0 Å². The van der Waals surface area contributed by atoms with Gasteiger partial charge in [-0.05, 0) is 51.8 Å². The molecule has 0 saturated heterocycles. The van der Waals surface area contributed by atoms with Crippen LogP contribution in [-0.2, 0) is 26.9 Å². The summed E-state index contributed by atoms with van der Waals surface area (Å²) in [7, 11) is -1.39. The lowest BCUT2D eigenvalue weighted by Gasteiger charge is -2.23. The van der Waals surface area contributed by atoms with Gasteiger partial charge in [0.15, 0.2) is 0 Å². The van der Waals surface area contributed by atoms with E-state index in [4.69, 9.17) is 4.74 Å². The van der Waals surface area contributed by atoms with Gasteiger partial charge in [0.1, 0.15) is 11.9 Å². The molecule has 0 spiro atoms. The highest BCUT2D eigenvalue weighted by Gasteiger charge is 2.27. The molecule has 1 aromatic carbocycles. The van der Waals surface area contributed by atoms with Crippen molar-refractivity contribution in [2.45, 2.75) is 44.9 Å². The molecule has 1 aromatic rings. The van der Waals surface area contributed by atoms with Crippen LogP contribution in [0.15, 0.2) is 24.3 Å². The van der Waals surface area contributed by atoms with Crippen molar-refractivity contribution in [2.24, 2.45) is 0 Å². The van der Waals surface area contributed by atoms with Gasteiger partial charge in [0.05, 0.1) is 22.3 Å². The van der Waals surface area contributed by atoms with Crippen LogP contribution in [0.3, 0.4) is 0 Å². The van der Waals surface area contributed by atoms with Gasteiger partial charge in [0, 0.05) is 0 Å². The number of halogens is 1. The molecule has 0 fully saturated rings. The Labute approximate surface area is 127 Å². The third kappa shape index (κ3) is 5.93. The lowest BCUT2D eigenvalue weighted by molar-refractivity contribution is -0.145. The van der Waals surface area contributed by atoms with Gasteiger partial charge in [-0.15, -0.1) is 0 Å². The van der Waals surface area contributed by atoms with Crippen LogP contribution < -0.4 is 4.72 Å². The molecule has 21 heavy (non-hydrogen) atoms. The zero-order valence-electron chi connectivity index (χ0n) is 12.8. The highest BCUT2D eigenvalue weighted by atomic mass is 32.2. The summed E-state index contributed by atoms with van der Waals surface area (Å²) in [4.78, 5) is 12.0. The van der Waals surface area contributed by atoms with Crippen molar-refractivity contribution < 1.29 is 18.1 Å². The maximum atomic E-state index is 12.9. The van der Waals surface area contributed by atoms with Gasteiger partial charge >= 0.3 is 5.97 Å². The quantitative estimate of drug-likeness (QED) is 0.820. The molecule has 4 nitrogen and oxygen atoms in total. The number of benzene rings is 1. The first-order chi connectivity index (χ1) is 9.74. The standard InChI is InChI=1S/C15H22FNO3S/c1-5-20-14(18)13(17-21(19)15(2,3)4)10-11-6-8-12(16)9-7-11/h6-9,13,17H,5,10H2,1-4H3. The van der Waals surface area contributed by atoms with Crippen LogP contribution in [0.4, 0.5) is 4.39 Å².